The molecule has 0 fully saturated rings. The first kappa shape index (κ1) is 26.4. The third-order valence-electron chi connectivity index (χ3n) is 7.62. The quantitative estimate of drug-likeness (QED) is 0.204. The molecule has 0 unspecified atom stereocenters. The van der Waals surface area contributed by atoms with E-state index in [9.17, 15) is 5.11 Å². The first-order chi connectivity index (χ1) is 21.0. The van der Waals surface area contributed by atoms with Crippen LogP contribution in [0.25, 0.3) is 66.2 Å². The average Bonchev–Trinajstić information content (AvgIpc) is 3.03. The van der Waals surface area contributed by atoms with Crippen LogP contribution in [-0.2, 0) is 0 Å². The molecule has 0 bridgehead atoms. The summed E-state index contributed by atoms with van der Waals surface area (Å²) in [6.07, 6.45) is -0.141. The molecule has 6 aromatic carbocycles. The highest BCUT2D eigenvalue weighted by atomic mass is 16.5. The Hall–Kier alpha value is -5.49. The number of fused-ring (bicyclic) bond motifs is 5. The molecule has 0 radical (unpaired) electrons. The van der Waals surface area contributed by atoms with Gasteiger partial charge >= 0.3 is 6.01 Å². The molecule has 0 aliphatic rings. The number of phenols is 1. The third kappa shape index (κ3) is 4.67. The molecule has 6 nitrogen and oxygen atoms in total. The normalized spacial score (nSPS) is 11.4. The Kier molecular flexibility index (Phi) is 6.59. The molecule has 1 heterocycles. The van der Waals surface area contributed by atoms with Gasteiger partial charge in [0, 0.05) is 11.1 Å². The summed E-state index contributed by atoms with van der Waals surface area (Å²) < 4.78 is 11.7. The lowest BCUT2D eigenvalue weighted by Gasteiger charge is -2.17. The maximum absolute atomic E-state index is 10.6. The number of hydrogen-bond acceptors (Lipinski definition) is 6. The monoisotopic (exact) mass is 563 g/mol. The van der Waals surface area contributed by atoms with E-state index < -0.39 is 0 Å². The fourth-order valence-electron chi connectivity index (χ4n) is 5.75. The van der Waals surface area contributed by atoms with Gasteiger partial charge < -0.3 is 14.6 Å². The zero-order valence-corrected chi connectivity index (χ0v) is 24.1. The minimum Gasteiger partial charge on any atom is -0.507 e. The van der Waals surface area contributed by atoms with Gasteiger partial charge in [0.25, 0.3) is 0 Å². The number of ether oxygens (including phenoxy) is 2. The van der Waals surface area contributed by atoms with Crippen molar-refractivity contribution >= 4 is 32.3 Å². The Morgan fingerprint density at radius 1 is 0.535 bits per heavy atom. The number of benzene rings is 6. The van der Waals surface area contributed by atoms with Crippen molar-refractivity contribution in [1.82, 2.24) is 15.0 Å². The van der Waals surface area contributed by atoms with Crippen molar-refractivity contribution in [1.29, 1.82) is 0 Å². The Morgan fingerprint density at radius 2 is 1.05 bits per heavy atom. The van der Waals surface area contributed by atoms with Gasteiger partial charge in [0.1, 0.15) is 11.5 Å². The molecule has 210 valence electrons. The van der Waals surface area contributed by atoms with Crippen LogP contribution in [-0.4, -0.2) is 33.3 Å². The van der Waals surface area contributed by atoms with Crippen LogP contribution in [0.5, 0.6) is 17.5 Å². The van der Waals surface area contributed by atoms with E-state index in [1.54, 1.807) is 25.3 Å². The van der Waals surface area contributed by atoms with Gasteiger partial charge in [-0.1, -0.05) is 78.9 Å². The van der Waals surface area contributed by atoms with Crippen molar-refractivity contribution in [3.8, 4) is 51.4 Å². The lowest BCUT2D eigenvalue weighted by atomic mass is 9.89. The summed E-state index contributed by atoms with van der Waals surface area (Å²) in [5.41, 5.74) is 3.51. The van der Waals surface area contributed by atoms with E-state index in [2.05, 4.69) is 65.6 Å². The largest absolute Gasteiger partial charge is 0.507 e. The SMILES string of the molecule is COc1ccccc1-c1cc2c3ccccc3c(-c3nc(OC(C)C)nc(-c4ccccc4O)n3)cc2c2ccccc12. The number of aromatic hydroxyl groups is 1. The van der Waals surface area contributed by atoms with Gasteiger partial charge in [-0.2, -0.15) is 9.97 Å². The number of rotatable bonds is 6. The fraction of sp³-hybridized carbons (Fsp3) is 0.108. The highest BCUT2D eigenvalue weighted by Crippen LogP contribution is 2.43. The molecule has 6 heteroatoms. The predicted octanol–water partition coefficient (Wildman–Crippen LogP) is 8.83. The average molecular weight is 564 g/mol. The number of para-hydroxylation sites is 2. The summed E-state index contributed by atoms with van der Waals surface area (Å²) in [6.45, 7) is 3.86. The second-order valence-electron chi connectivity index (χ2n) is 10.7. The van der Waals surface area contributed by atoms with Crippen LogP contribution in [0.3, 0.4) is 0 Å². The fourth-order valence-corrected chi connectivity index (χ4v) is 5.75. The summed E-state index contributed by atoms with van der Waals surface area (Å²) in [5.74, 6) is 1.74. The minimum absolute atomic E-state index is 0.0911. The van der Waals surface area contributed by atoms with Gasteiger partial charge in [0.2, 0.25) is 0 Å². The van der Waals surface area contributed by atoms with Gasteiger partial charge in [0.15, 0.2) is 11.6 Å². The topological polar surface area (TPSA) is 77.4 Å². The summed E-state index contributed by atoms with van der Waals surface area (Å²) in [7, 11) is 1.71. The molecule has 43 heavy (non-hydrogen) atoms. The number of phenolic OH excluding ortho intramolecular Hbond substituents is 1. The van der Waals surface area contributed by atoms with Crippen LogP contribution < -0.4 is 9.47 Å². The molecule has 0 aliphatic carbocycles. The van der Waals surface area contributed by atoms with Crippen LogP contribution in [0, 0.1) is 0 Å². The van der Waals surface area contributed by atoms with E-state index >= 15 is 0 Å². The molecule has 0 atom stereocenters. The number of methoxy groups -OCH3 is 1. The van der Waals surface area contributed by atoms with Gasteiger partial charge in [-0.25, -0.2) is 4.98 Å². The lowest BCUT2D eigenvalue weighted by molar-refractivity contribution is 0.222. The Morgan fingerprint density at radius 3 is 1.67 bits per heavy atom. The maximum Gasteiger partial charge on any atom is 0.320 e. The number of nitrogens with zero attached hydrogens (tertiary/aromatic N) is 3. The van der Waals surface area contributed by atoms with E-state index in [-0.39, 0.29) is 17.9 Å². The van der Waals surface area contributed by atoms with E-state index in [4.69, 9.17) is 19.4 Å². The highest BCUT2D eigenvalue weighted by molar-refractivity contribution is 6.23. The van der Waals surface area contributed by atoms with Crippen molar-refractivity contribution in [2.75, 3.05) is 7.11 Å². The molecule has 7 aromatic rings. The Bertz CT molecular complexity index is 2160. The predicted molar refractivity (Wildman–Crippen MR) is 173 cm³/mol. The van der Waals surface area contributed by atoms with Crippen molar-refractivity contribution in [3.05, 3.63) is 109 Å². The summed E-state index contributed by atoms with van der Waals surface area (Å²) >= 11 is 0. The van der Waals surface area contributed by atoms with Gasteiger partial charge in [0.05, 0.1) is 18.8 Å². The molecular weight excluding hydrogens is 534 g/mol. The molecule has 0 spiro atoms. The standard InChI is InChI=1S/C37H29N3O3/c1-22(2)43-37-39-35(28-17-8-10-18-33(28)41)38-36(40-37)32-21-31-24-13-5-4-12-23(24)29(27-16-9-11-19-34(27)42-3)20-30(31)25-14-6-7-15-26(25)32/h4-22,41H,1-3H3. The number of aromatic nitrogens is 3. The first-order valence-corrected chi connectivity index (χ1v) is 14.2. The minimum atomic E-state index is -0.141. The van der Waals surface area contributed by atoms with Crippen molar-refractivity contribution in [2.45, 2.75) is 20.0 Å². The molecule has 1 aromatic heterocycles. The second-order valence-corrected chi connectivity index (χ2v) is 10.7. The smallest absolute Gasteiger partial charge is 0.320 e. The molecule has 0 saturated carbocycles. The van der Waals surface area contributed by atoms with Crippen LogP contribution in [0.2, 0.25) is 0 Å². The summed E-state index contributed by atoms with van der Waals surface area (Å²) in [6, 6.07) is 36.5. The van der Waals surface area contributed by atoms with Gasteiger partial charge in [-0.15, -0.1) is 0 Å². The van der Waals surface area contributed by atoms with Crippen molar-refractivity contribution in [3.63, 3.8) is 0 Å². The third-order valence-corrected chi connectivity index (χ3v) is 7.62. The summed E-state index contributed by atoms with van der Waals surface area (Å²) in [5, 5.41) is 17.1. The maximum atomic E-state index is 10.6. The van der Waals surface area contributed by atoms with Crippen LogP contribution in [0.1, 0.15) is 13.8 Å². The Balaban J connectivity index is 1.56. The van der Waals surface area contributed by atoms with Gasteiger partial charge in [-0.05, 0) is 82.1 Å². The van der Waals surface area contributed by atoms with Crippen molar-refractivity contribution < 1.29 is 14.6 Å². The lowest BCUT2D eigenvalue weighted by Crippen LogP contribution is -2.10. The van der Waals surface area contributed by atoms with Crippen LogP contribution >= 0.6 is 0 Å². The van der Waals surface area contributed by atoms with Crippen LogP contribution in [0.4, 0.5) is 0 Å². The molecular formula is C37H29N3O3. The van der Waals surface area contributed by atoms with E-state index in [1.807, 2.05) is 44.2 Å². The van der Waals surface area contributed by atoms with E-state index in [0.29, 0.717) is 17.2 Å². The second kappa shape index (κ2) is 10.7. The van der Waals surface area contributed by atoms with Gasteiger partial charge in [-0.3, -0.25) is 0 Å². The van der Waals surface area contributed by atoms with Crippen LogP contribution in [0.15, 0.2) is 109 Å². The molecule has 1 N–H and O–H groups in total. The Labute approximate surface area is 249 Å². The molecule has 0 amide bonds. The molecule has 7 rings (SSSR count). The summed E-state index contributed by atoms with van der Waals surface area (Å²) in [4.78, 5) is 14.2. The van der Waals surface area contributed by atoms with Crippen molar-refractivity contribution in [2.24, 2.45) is 0 Å². The zero-order valence-electron chi connectivity index (χ0n) is 24.1. The van der Waals surface area contributed by atoms with E-state index in [1.165, 1.54) is 0 Å². The number of hydrogen-bond donors (Lipinski definition) is 1. The zero-order chi connectivity index (χ0) is 29.5. The molecule has 0 saturated heterocycles. The van der Waals surface area contributed by atoms with E-state index in [0.717, 1.165) is 54.8 Å². The first-order valence-electron chi connectivity index (χ1n) is 14.2. The highest BCUT2D eigenvalue weighted by Gasteiger charge is 2.20. The molecule has 0 aliphatic heterocycles.